The lowest BCUT2D eigenvalue weighted by atomic mass is 10.1. The van der Waals surface area contributed by atoms with Crippen molar-refractivity contribution in [2.75, 3.05) is 0 Å². The second-order valence-electron chi connectivity index (χ2n) is 3.79. The van der Waals surface area contributed by atoms with Crippen molar-refractivity contribution in [1.29, 1.82) is 0 Å². The molecule has 0 aliphatic rings. The predicted octanol–water partition coefficient (Wildman–Crippen LogP) is 4.17. The van der Waals surface area contributed by atoms with Gasteiger partial charge in [0.25, 0.3) is 0 Å². The van der Waals surface area contributed by atoms with Gasteiger partial charge < -0.3 is 9.52 Å². The standard InChI is InChI=1S/C12H17IO2/c1-4-8(2)11-5-6-12(15-11)10(14)7-9(3)13/h5-6,8,10,14H,3-4,7H2,1-2H3. The maximum atomic E-state index is 9.80. The van der Waals surface area contributed by atoms with Crippen LogP contribution in [0, 0.1) is 0 Å². The summed E-state index contributed by atoms with van der Waals surface area (Å²) < 4.78 is 6.54. The van der Waals surface area contributed by atoms with Crippen molar-refractivity contribution in [2.24, 2.45) is 0 Å². The molecule has 0 radical (unpaired) electrons. The highest BCUT2D eigenvalue weighted by Crippen LogP contribution is 2.28. The van der Waals surface area contributed by atoms with Crippen molar-refractivity contribution in [3.05, 3.63) is 33.8 Å². The van der Waals surface area contributed by atoms with Gasteiger partial charge in [-0.1, -0.05) is 20.4 Å². The first-order valence-corrected chi connectivity index (χ1v) is 6.23. The van der Waals surface area contributed by atoms with Crippen LogP contribution in [0.5, 0.6) is 0 Å². The Morgan fingerprint density at radius 2 is 2.13 bits per heavy atom. The lowest BCUT2D eigenvalue weighted by molar-refractivity contribution is 0.150. The molecule has 0 amide bonds. The van der Waals surface area contributed by atoms with Gasteiger partial charge in [-0.2, -0.15) is 0 Å². The summed E-state index contributed by atoms with van der Waals surface area (Å²) >= 11 is 2.12. The molecule has 0 saturated heterocycles. The van der Waals surface area contributed by atoms with Gasteiger partial charge in [0.05, 0.1) is 0 Å². The Bertz CT molecular complexity index is 330. The maximum Gasteiger partial charge on any atom is 0.133 e. The average molecular weight is 320 g/mol. The van der Waals surface area contributed by atoms with Crippen molar-refractivity contribution < 1.29 is 9.52 Å². The van der Waals surface area contributed by atoms with Crippen molar-refractivity contribution >= 4 is 22.6 Å². The van der Waals surface area contributed by atoms with Crippen molar-refractivity contribution in [3.63, 3.8) is 0 Å². The lowest BCUT2D eigenvalue weighted by Crippen LogP contribution is -1.95. The summed E-state index contributed by atoms with van der Waals surface area (Å²) in [4.78, 5) is 0. The Kier molecular flexibility index (Phi) is 4.86. The van der Waals surface area contributed by atoms with E-state index in [2.05, 4.69) is 43.0 Å². The minimum atomic E-state index is -0.563. The fourth-order valence-electron chi connectivity index (χ4n) is 1.32. The molecule has 0 fully saturated rings. The fourth-order valence-corrected chi connectivity index (χ4v) is 1.74. The van der Waals surface area contributed by atoms with Crippen LogP contribution in [0.15, 0.2) is 26.7 Å². The van der Waals surface area contributed by atoms with Crippen LogP contribution in [-0.2, 0) is 0 Å². The van der Waals surface area contributed by atoms with Crippen LogP contribution in [0.4, 0.5) is 0 Å². The summed E-state index contributed by atoms with van der Waals surface area (Å²) in [5.74, 6) is 2.00. The number of aliphatic hydroxyl groups excluding tert-OH is 1. The highest BCUT2D eigenvalue weighted by molar-refractivity contribution is 14.1. The third-order valence-electron chi connectivity index (χ3n) is 2.49. The summed E-state index contributed by atoms with van der Waals surface area (Å²) in [5.41, 5.74) is 0. The molecule has 0 spiro atoms. The monoisotopic (exact) mass is 320 g/mol. The van der Waals surface area contributed by atoms with E-state index in [1.54, 1.807) is 0 Å². The first-order valence-electron chi connectivity index (χ1n) is 5.15. The molecule has 2 atom stereocenters. The van der Waals surface area contributed by atoms with E-state index in [0.29, 0.717) is 18.1 Å². The maximum absolute atomic E-state index is 9.80. The zero-order valence-electron chi connectivity index (χ0n) is 9.16. The molecule has 84 valence electrons. The topological polar surface area (TPSA) is 33.4 Å². The van der Waals surface area contributed by atoms with Crippen molar-refractivity contribution in [1.82, 2.24) is 0 Å². The first kappa shape index (κ1) is 12.8. The molecule has 2 unspecified atom stereocenters. The number of aliphatic hydroxyl groups is 1. The highest BCUT2D eigenvalue weighted by Gasteiger charge is 2.15. The molecule has 0 aliphatic heterocycles. The van der Waals surface area contributed by atoms with Gasteiger partial charge in [-0.05, 0) is 44.7 Å². The predicted molar refractivity (Wildman–Crippen MR) is 70.2 cm³/mol. The average Bonchev–Trinajstić information content (AvgIpc) is 2.64. The molecule has 1 heterocycles. The molecule has 1 aromatic heterocycles. The molecule has 3 heteroatoms. The molecule has 0 aliphatic carbocycles. The Balaban J connectivity index is 2.70. The third kappa shape index (κ3) is 3.65. The summed E-state index contributed by atoms with van der Waals surface area (Å²) in [6.45, 7) is 8.00. The van der Waals surface area contributed by atoms with Gasteiger partial charge in [-0.15, -0.1) is 0 Å². The van der Waals surface area contributed by atoms with E-state index in [0.717, 1.165) is 15.8 Å². The Labute approximate surface area is 105 Å². The van der Waals surface area contributed by atoms with Crippen molar-refractivity contribution in [3.8, 4) is 0 Å². The first-order chi connectivity index (χ1) is 7.04. The second kappa shape index (κ2) is 5.70. The summed E-state index contributed by atoms with van der Waals surface area (Å²) in [5, 5.41) is 9.80. The smallest absolute Gasteiger partial charge is 0.133 e. The van der Waals surface area contributed by atoms with Gasteiger partial charge in [-0.25, -0.2) is 0 Å². The van der Waals surface area contributed by atoms with Crippen LogP contribution >= 0.6 is 22.6 Å². The number of furan rings is 1. The van der Waals surface area contributed by atoms with Crippen LogP contribution in [0.25, 0.3) is 0 Å². The van der Waals surface area contributed by atoms with Crippen LogP contribution in [0.3, 0.4) is 0 Å². The van der Waals surface area contributed by atoms with E-state index in [1.807, 2.05) is 12.1 Å². The van der Waals surface area contributed by atoms with Gasteiger partial charge in [0, 0.05) is 12.3 Å². The lowest BCUT2D eigenvalue weighted by Gasteiger charge is -2.07. The molecule has 0 bridgehead atoms. The second-order valence-corrected chi connectivity index (χ2v) is 5.31. The van der Waals surface area contributed by atoms with Crippen LogP contribution in [-0.4, -0.2) is 5.11 Å². The number of halogens is 1. The SMILES string of the molecule is C=C(I)CC(O)c1ccc(C(C)CC)o1. The van der Waals surface area contributed by atoms with E-state index in [9.17, 15) is 5.11 Å². The zero-order chi connectivity index (χ0) is 11.4. The summed E-state index contributed by atoms with van der Waals surface area (Å²) in [6, 6.07) is 3.80. The molecule has 2 nitrogen and oxygen atoms in total. The van der Waals surface area contributed by atoms with Crippen LogP contribution < -0.4 is 0 Å². The molecular formula is C12H17IO2. The van der Waals surface area contributed by atoms with E-state index < -0.39 is 6.10 Å². The largest absolute Gasteiger partial charge is 0.463 e. The molecule has 1 rings (SSSR count). The zero-order valence-corrected chi connectivity index (χ0v) is 11.3. The Hall–Kier alpha value is -0.290. The summed E-state index contributed by atoms with van der Waals surface area (Å²) in [7, 11) is 0. The van der Waals surface area contributed by atoms with Gasteiger partial charge in [0.15, 0.2) is 0 Å². The van der Waals surface area contributed by atoms with Crippen LogP contribution in [0.2, 0.25) is 0 Å². The van der Waals surface area contributed by atoms with Gasteiger partial charge in [0.2, 0.25) is 0 Å². The van der Waals surface area contributed by atoms with Gasteiger partial charge in [-0.3, -0.25) is 0 Å². The number of hydrogen-bond acceptors (Lipinski definition) is 2. The quantitative estimate of drug-likeness (QED) is 0.826. The highest BCUT2D eigenvalue weighted by atomic mass is 127. The molecule has 0 saturated carbocycles. The van der Waals surface area contributed by atoms with Crippen molar-refractivity contribution in [2.45, 2.75) is 38.7 Å². The number of rotatable bonds is 5. The molecule has 15 heavy (non-hydrogen) atoms. The molecule has 0 aromatic carbocycles. The fraction of sp³-hybridized carbons (Fsp3) is 0.500. The summed E-state index contributed by atoms with van der Waals surface area (Å²) in [6.07, 6.45) is 1.03. The van der Waals surface area contributed by atoms with Crippen LogP contribution in [0.1, 0.15) is 50.2 Å². The van der Waals surface area contributed by atoms with Gasteiger partial charge >= 0.3 is 0 Å². The Morgan fingerprint density at radius 3 is 2.67 bits per heavy atom. The minimum Gasteiger partial charge on any atom is -0.463 e. The molecule has 1 N–H and O–H groups in total. The molecular weight excluding hydrogens is 303 g/mol. The van der Waals surface area contributed by atoms with Gasteiger partial charge in [0.1, 0.15) is 17.6 Å². The Morgan fingerprint density at radius 1 is 1.53 bits per heavy atom. The normalized spacial score (nSPS) is 14.9. The number of hydrogen-bond donors (Lipinski definition) is 1. The third-order valence-corrected chi connectivity index (χ3v) is 2.93. The van der Waals surface area contributed by atoms with E-state index >= 15 is 0 Å². The van der Waals surface area contributed by atoms with E-state index in [4.69, 9.17) is 4.42 Å². The minimum absolute atomic E-state index is 0.411. The molecule has 1 aromatic rings. The van der Waals surface area contributed by atoms with E-state index in [-0.39, 0.29) is 0 Å². The van der Waals surface area contributed by atoms with E-state index in [1.165, 1.54) is 0 Å².